The van der Waals surface area contributed by atoms with Gasteiger partial charge < -0.3 is 9.30 Å². The van der Waals surface area contributed by atoms with E-state index in [1.165, 1.54) is 49.9 Å². The highest BCUT2D eigenvalue weighted by molar-refractivity contribution is 5.14. The molecule has 2 heterocycles. The second kappa shape index (κ2) is 7.68. The minimum atomic E-state index is 0.239. The predicted octanol–water partition coefficient (Wildman–Crippen LogP) is 4.27. The van der Waals surface area contributed by atoms with Gasteiger partial charge in [0.05, 0.1) is 12.0 Å². The van der Waals surface area contributed by atoms with Crippen molar-refractivity contribution in [1.29, 1.82) is 0 Å². The highest BCUT2D eigenvalue weighted by atomic mass is 16.5. The van der Waals surface area contributed by atoms with Gasteiger partial charge in [-0.25, -0.2) is 4.98 Å². The average molecular weight is 264 g/mol. The molecule has 1 aromatic rings. The SMILES string of the molecule is CCCCc1ncn(C2CCCCO2)c1CCCC. The first kappa shape index (κ1) is 14.6. The summed E-state index contributed by atoms with van der Waals surface area (Å²) in [5.41, 5.74) is 2.74. The maximum Gasteiger partial charge on any atom is 0.135 e. The Hall–Kier alpha value is -0.830. The largest absolute Gasteiger partial charge is 0.358 e. The van der Waals surface area contributed by atoms with Crippen molar-refractivity contribution in [1.82, 2.24) is 9.55 Å². The summed E-state index contributed by atoms with van der Waals surface area (Å²) < 4.78 is 8.24. The summed E-state index contributed by atoms with van der Waals surface area (Å²) in [5.74, 6) is 0. The average Bonchev–Trinajstić information content (AvgIpc) is 2.86. The van der Waals surface area contributed by atoms with Crippen LogP contribution < -0.4 is 0 Å². The van der Waals surface area contributed by atoms with E-state index in [1.807, 2.05) is 6.33 Å². The summed E-state index contributed by atoms with van der Waals surface area (Å²) in [5, 5.41) is 0. The summed E-state index contributed by atoms with van der Waals surface area (Å²) in [7, 11) is 0. The minimum absolute atomic E-state index is 0.239. The molecule has 1 atom stereocenters. The summed E-state index contributed by atoms with van der Waals surface area (Å²) in [6.07, 6.45) is 13.1. The summed E-state index contributed by atoms with van der Waals surface area (Å²) in [6.45, 7) is 5.40. The molecule has 0 spiro atoms. The molecule has 1 fully saturated rings. The third-order valence-corrected chi connectivity index (χ3v) is 3.98. The fourth-order valence-corrected chi connectivity index (χ4v) is 2.79. The third kappa shape index (κ3) is 3.82. The number of aryl methyl sites for hydroxylation is 1. The number of imidazole rings is 1. The standard InChI is InChI=1S/C16H28N2O/c1-3-5-9-14-15(10-6-4-2)18(13-17-14)16-11-7-8-12-19-16/h13,16H,3-12H2,1-2H3. The molecule has 3 nitrogen and oxygen atoms in total. The van der Waals surface area contributed by atoms with Crippen LogP contribution in [0.4, 0.5) is 0 Å². The lowest BCUT2D eigenvalue weighted by Gasteiger charge is -2.25. The van der Waals surface area contributed by atoms with Crippen LogP contribution in [0.2, 0.25) is 0 Å². The molecule has 2 rings (SSSR count). The number of nitrogens with zero attached hydrogens (tertiary/aromatic N) is 2. The van der Waals surface area contributed by atoms with E-state index < -0.39 is 0 Å². The van der Waals surface area contributed by atoms with Gasteiger partial charge in [0.25, 0.3) is 0 Å². The molecule has 0 aliphatic carbocycles. The highest BCUT2D eigenvalue weighted by Gasteiger charge is 2.20. The Morgan fingerprint density at radius 2 is 2.00 bits per heavy atom. The van der Waals surface area contributed by atoms with Crippen molar-refractivity contribution in [3.05, 3.63) is 17.7 Å². The van der Waals surface area contributed by atoms with Gasteiger partial charge in [0.1, 0.15) is 6.23 Å². The molecule has 0 saturated carbocycles. The lowest BCUT2D eigenvalue weighted by atomic mass is 10.1. The molecule has 3 heteroatoms. The molecule has 1 saturated heterocycles. The first-order valence-corrected chi connectivity index (χ1v) is 8.03. The van der Waals surface area contributed by atoms with Crippen molar-refractivity contribution >= 4 is 0 Å². The topological polar surface area (TPSA) is 27.1 Å². The van der Waals surface area contributed by atoms with Crippen molar-refractivity contribution < 1.29 is 4.74 Å². The number of hydrogen-bond donors (Lipinski definition) is 0. The Kier molecular flexibility index (Phi) is 5.90. The smallest absolute Gasteiger partial charge is 0.135 e. The van der Waals surface area contributed by atoms with Gasteiger partial charge in [-0.1, -0.05) is 26.7 Å². The first-order valence-electron chi connectivity index (χ1n) is 8.03. The van der Waals surface area contributed by atoms with Crippen LogP contribution in [-0.2, 0) is 17.6 Å². The number of unbranched alkanes of at least 4 members (excludes halogenated alkanes) is 2. The number of rotatable bonds is 7. The number of ether oxygens (including phenoxy) is 1. The molecule has 1 unspecified atom stereocenters. The molecular formula is C16H28N2O. The van der Waals surface area contributed by atoms with E-state index >= 15 is 0 Å². The van der Waals surface area contributed by atoms with Crippen LogP contribution in [0, 0.1) is 0 Å². The fourth-order valence-electron chi connectivity index (χ4n) is 2.79. The molecule has 19 heavy (non-hydrogen) atoms. The van der Waals surface area contributed by atoms with E-state index in [0.29, 0.717) is 0 Å². The van der Waals surface area contributed by atoms with Crippen molar-refractivity contribution in [2.24, 2.45) is 0 Å². The lowest BCUT2D eigenvalue weighted by molar-refractivity contribution is -0.0335. The molecule has 0 radical (unpaired) electrons. The van der Waals surface area contributed by atoms with Crippen LogP contribution in [0.3, 0.4) is 0 Å². The molecule has 1 aromatic heterocycles. The maximum absolute atomic E-state index is 5.93. The second-order valence-electron chi connectivity index (χ2n) is 5.57. The van der Waals surface area contributed by atoms with Crippen molar-refractivity contribution in [2.45, 2.75) is 77.9 Å². The van der Waals surface area contributed by atoms with E-state index in [1.54, 1.807) is 0 Å². The molecule has 108 valence electrons. The van der Waals surface area contributed by atoms with E-state index in [-0.39, 0.29) is 6.23 Å². The van der Waals surface area contributed by atoms with E-state index in [2.05, 4.69) is 23.4 Å². The number of aromatic nitrogens is 2. The highest BCUT2D eigenvalue weighted by Crippen LogP contribution is 2.26. The van der Waals surface area contributed by atoms with E-state index in [4.69, 9.17) is 4.74 Å². The van der Waals surface area contributed by atoms with Crippen LogP contribution in [-0.4, -0.2) is 16.2 Å². The van der Waals surface area contributed by atoms with Crippen LogP contribution in [0.5, 0.6) is 0 Å². The predicted molar refractivity (Wildman–Crippen MR) is 78.3 cm³/mol. The Balaban J connectivity index is 2.13. The molecule has 0 N–H and O–H groups in total. The summed E-state index contributed by atoms with van der Waals surface area (Å²) in [4.78, 5) is 4.66. The van der Waals surface area contributed by atoms with Gasteiger partial charge >= 0.3 is 0 Å². The molecule has 0 aromatic carbocycles. The van der Waals surface area contributed by atoms with Crippen molar-refractivity contribution in [2.75, 3.05) is 6.61 Å². The van der Waals surface area contributed by atoms with Gasteiger partial charge in [-0.05, 0) is 44.9 Å². The van der Waals surface area contributed by atoms with Gasteiger partial charge in [0, 0.05) is 12.3 Å². The van der Waals surface area contributed by atoms with Crippen molar-refractivity contribution in [3.8, 4) is 0 Å². The molecule has 0 bridgehead atoms. The molecular weight excluding hydrogens is 236 g/mol. The van der Waals surface area contributed by atoms with Gasteiger partial charge in [-0.2, -0.15) is 0 Å². The Morgan fingerprint density at radius 1 is 1.21 bits per heavy atom. The zero-order valence-corrected chi connectivity index (χ0v) is 12.5. The minimum Gasteiger partial charge on any atom is -0.358 e. The normalized spacial score (nSPS) is 19.8. The maximum atomic E-state index is 5.93. The van der Waals surface area contributed by atoms with E-state index in [9.17, 15) is 0 Å². The van der Waals surface area contributed by atoms with Crippen LogP contribution in [0.25, 0.3) is 0 Å². The monoisotopic (exact) mass is 264 g/mol. The first-order chi connectivity index (χ1) is 9.36. The number of hydrogen-bond acceptors (Lipinski definition) is 2. The van der Waals surface area contributed by atoms with Crippen LogP contribution in [0.15, 0.2) is 6.33 Å². The fraction of sp³-hybridized carbons (Fsp3) is 0.812. The van der Waals surface area contributed by atoms with Crippen LogP contribution in [0.1, 0.15) is 76.4 Å². The van der Waals surface area contributed by atoms with Gasteiger partial charge in [-0.3, -0.25) is 0 Å². The Morgan fingerprint density at radius 3 is 2.68 bits per heavy atom. The lowest BCUT2D eigenvalue weighted by Crippen LogP contribution is -2.19. The Bertz CT molecular complexity index is 367. The zero-order valence-electron chi connectivity index (χ0n) is 12.5. The second-order valence-corrected chi connectivity index (χ2v) is 5.57. The van der Waals surface area contributed by atoms with E-state index in [0.717, 1.165) is 25.9 Å². The Labute approximate surface area is 117 Å². The van der Waals surface area contributed by atoms with Crippen LogP contribution >= 0.6 is 0 Å². The molecule has 0 amide bonds. The zero-order chi connectivity index (χ0) is 13.5. The third-order valence-electron chi connectivity index (χ3n) is 3.98. The molecule has 1 aliphatic rings. The van der Waals surface area contributed by atoms with Crippen molar-refractivity contribution in [3.63, 3.8) is 0 Å². The van der Waals surface area contributed by atoms with Gasteiger partial charge in [0.2, 0.25) is 0 Å². The quantitative estimate of drug-likeness (QED) is 0.735. The summed E-state index contributed by atoms with van der Waals surface area (Å²) in [6, 6.07) is 0. The summed E-state index contributed by atoms with van der Waals surface area (Å²) >= 11 is 0. The molecule has 1 aliphatic heterocycles. The van der Waals surface area contributed by atoms with Gasteiger partial charge in [0.15, 0.2) is 0 Å². The van der Waals surface area contributed by atoms with Gasteiger partial charge in [-0.15, -0.1) is 0 Å².